The molecule has 0 radical (unpaired) electrons. The first-order valence-corrected chi connectivity index (χ1v) is 11.4. The summed E-state index contributed by atoms with van der Waals surface area (Å²) in [4.78, 5) is 17.2. The second-order valence-corrected chi connectivity index (χ2v) is 10.1. The smallest absolute Gasteiger partial charge is 0.274 e. The molecule has 3 aromatic rings. The molecule has 1 saturated heterocycles. The van der Waals surface area contributed by atoms with Crippen molar-refractivity contribution >= 4 is 22.5 Å². The summed E-state index contributed by atoms with van der Waals surface area (Å²) in [6.45, 7) is 7.52. The highest BCUT2D eigenvalue weighted by molar-refractivity contribution is 6.04. The van der Waals surface area contributed by atoms with Gasteiger partial charge >= 0.3 is 0 Å². The third kappa shape index (κ3) is 3.91. The largest absolute Gasteiger partial charge is 0.386 e. The quantitative estimate of drug-likeness (QED) is 0.580. The number of anilines is 1. The highest BCUT2D eigenvalue weighted by atomic mass is 16.3. The summed E-state index contributed by atoms with van der Waals surface area (Å²) in [5.41, 5.74) is 2.54. The van der Waals surface area contributed by atoms with Gasteiger partial charge in [0.2, 0.25) is 0 Å². The molecule has 2 aliphatic rings. The van der Waals surface area contributed by atoms with E-state index in [2.05, 4.69) is 26.5 Å². The standard InChI is InChI=1S/C25H31N5O2/c1-16-5-4-6-20(27-16)23(31)28-22-11-17-15-30(29-21(17)12-19(22)24(2,3)32)18-13-25(14-18)7-9-26-10-8-25/h4-6,11-12,15,18,26,32H,7-10,13-14H2,1-3H3,(H,28,31). The van der Waals surface area contributed by atoms with Crippen LogP contribution in [0.15, 0.2) is 36.5 Å². The molecule has 32 heavy (non-hydrogen) atoms. The number of carbonyl (C=O) groups excluding carboxylic acids is 1. The van der Waals surface area contributed by atoms with Crippen molar-refractivity contribution in [2.75, 3.05) is 18.4 Å². The number of hydrogen-bond acceptors (Lipinski definition) is 5. The number of aryl methyl sites for hydroxylation is 1. The Morgan fingerprint density at radius 3 is 2.69 bits per heavy atom. The van der Waals surface area contributed by atoms with Crippen LogP contribution in [0.1, 0.15) is 67.3 Å². The molecule has 168 valence electrons. The molecule has 2 aromatic heterocycles. The maximum Gasteiger partial charge on any atom is 0.274 e. The molecule has 2 fully saturated rings. The van der Waals surface area contributed by atoms with Gasteiger partial charge in [0.15, 0.2) is 0 Å². The van der Waals surface area contributed by atoms with E-state index in [9.17, 15) is 9.90 Å². The molecule has 7 nitrogen and oxygen atoms in total. The van der Waals surface area contributed by atoms with Gasteiger partial charge in [0.25, 0.3) is 5.91 Å². The number of hydrogen-bond donors (Lipinski definition) is 3. The van der Waals surface area contributed by atoms with Crippen LogP contribution in [-0.4, -0.2) is 38.9 Å². The Morgan fingerprint density at radius 1 is 1.25 bits per heavy atom. The molecule has 0 atom stereocenters. The Morgan fingerprint density at radius 2 is 2.00 bits per heavy atom. The Labute approximate surface area is 188 Å². The minimum Gasteiger partial charge on any atom is -0.386 e. The van der Waals surface area contributed by atoms with Crippen LogP contribution < -0.4 is 10.6 Å². The van der Waals surface area contributed by atoms with Gasteiger partial charge in [-0.25, -0.2) is 4.98 Å². The zero-order chi connectivity index (χ0) is 22.5. The highest BCUT2D eigenvalue weighted by Crippen LogP contribution is 2.53. The molecule has 3 heterocycles. The van der Waals surface area contributed by atoms with Crippen LogP contribution >= 0.6 is 0 Å². The fourth-order valence-electron chi connectivity index (χ4n) is 5.24. The third-order valence-corrected chi connectivity index (χ3v) is 7.07. The first-order valence-electron chi connectivity index (χ1n) is 11.4. The first kappa shape index (κ1) is 21.1. The molecule has 1 aromatic carbocycles. The monoisotopic (exact) mass is 433 g/mol. The fourth-order valence-corrected chi connectivity index (χ4v) is 5.24. The van der Waals surface area contributed by atoms with Crippen LogP contribution in [0.25, 0.3) is 10.9 Å². The molecule has 1 amide bonds. The van der Waals surface area contributed by atoms with Gasteiger partial charge in [0, 0.05) is 28.5 Å². The van der Waals surface area contributed by atoms with Gasteiger partial charge in [-0.2, -0.15) is 5.10 Å². The molecular formula is C25H31N5O2. The predicted molar refractivity (Wildman–Crippen MR) is 125 cm³/mol. The lowest BCUT2D eigenvalue weighted by atomic mass is 9.60. The number of carbonyl (C=O) groups is 1. The number of amides is 1. The van der Waals surface area contributed by atoms with Gasteiger partial charge in [-0.15, -0.1) is 0 Å². The zero-order valence-electron chi connectivity index (χ0n) is 19.0. The molecule has 1 aliphatic carbocycles. The number of piperidine rings is 1. The first-order chi connectivity index (χ1) is 15.2. The van der Waals surface area contributed by atoms with Crippen LogP contribution in [0.3, 0.4) is 0 Å². The number of aliphatic hydroxyl groups is 1. The number of rotatable bonds is 4. The molecule has 0 unspecified atom stereocenters. The SMILES string of the molecule is Cc1cccc(C(=O)Nc2cc3cn(C4CC5(CCNCC5)C4)nc3cc2C(C)(C)O)n1. The van der Waals surface area contributed by atoms with Crippen molar-refractivity contribution in [2.24, 2.45) is 5.41 Å². The van der Waals surface area contributed by atoms with E-state index in [0.29, 0.717) is 28.4 Å². The fraction of sp³-hybridized carbons (Fsp3) is 0.480. The maximum atomic E-state index is 12.8. The number of benzene rings is 1. The highest BCUT2D eigenvalue weighted by Gasteiger charge is 2.45. The summed E-state index contributed by atoms with van der Waals surface area (Å²) < 4.78 is 2.08. The minimum atomic E-state index is -1.13. The zero-order valence-corrected chi connectivity index (χ0v) is 19.0. The van der Waals surface area contributed by atoms with E-state index < -0.39 is 5.60 Å². The van der Waals surface area contributed by atoms with Crippen molar-refractivity contribution in [1.29, 1.82) is 0 Å². The van der Waals surface area contributed by atoms with Gasteiger partial charge in [0.1, 0.15) is 5.69 Å². The maximum absolute atomic E-state index is 12.8. The topological polar surface area (TPSA) is 92.1 Å². The van der Waals surface area contributed by atoms with Crippen LogP contribution in [-0.2, 0) is 5.60 Å². The van der Waals surface area contributed by atoms with Crippen molar-refractivity contribution in [3.05, 3.63) is 53.5 Å². The molecule has 3 N–H and O–H groups in total. The Bertz CT molecular complexity index is 1160. The van der Waals surface area contributed by atoms with E-state index in [4.69, 9.17) is 5.10 Å². The van der Waals surface area contributed by atoms with Crippen LogP contribution in [0, 0.1) is 12.3 Å². The Balaban J connectivity index is 1.44. The van der Waals surface area contributed by atoms with Gasteiger partial charge < -0.3 is 15.7 Å². The number of fused-ring (bicyclic) bond motifs is 1. The second-order valence-electron chi connectivity index (χ2n) is 10.1. The Kier molecular flexibility index (Phi) is 5.06. The predicted octanol–water partition coefficient (Wildman–Crippen LogP) is 3.92. The van der Waals surface area contributed by atoms with Crippen molar-refractivity contribution < 1.29 is 9.90 Å². The molecule has 1 saturated carbocycles. The average Bonchev–Trinajstić information content (AvgIpc) is 3.14. The minimum absolute atomic E-state index is 0.294. The molecular weight excluding hydrogens is 402 g/mol. The van der Waals surface area contributed by atoms with Crippen LogP contribution in [0.4, 0.5) is 5.69 Å². The van der Waals surface area contributed by atoms with E-state index in [0.717, 1.165) is 29.7 Å². The summed E-state index contributed by atoms with van der Waals surface area (Å²) in [6.07, 6.45) is 6.91. The second kappa shape index (κ2) is 7.67. The number of nitrogens with one attached hydrogen (secondary N) is 2. The number of pyridine rings is 1. The Hall–Kier alpha value is -2.77. The van der Waals surface area contributed by atoms with Crippen molar-refractivity contribution in [3.8, 4) is 0 Å². The lowest BCUT2D eigenvalue weighted by molar-refractivity contribution is 0.0233. The lowest BCUT2D eigenvalue weighted by Gasteiger charge is -2.50. The molecule has 5 rings (SSSR count). The van der Waals surface area contributed by atoms with Crippen molar-refractivity contribution in [2.45, 2.75) is 58.1 Å². The summed E-state index contributed by atoms with van der Waals surface area (Å²) in [5, 5.41) is 23.0. The van der Waals surface area contributed by atoms with E-state index in [1.807, 2.05) is 31.2 Å². The van der Waals surface area contributed by atoms with E-state index in [1.54, 1.807) is 19.9 Å². The van der Waals surface area contributed by atoms with Crippen LogP contribution in [0.2, 0.25) is 0 Å². The van der Waals surface area contributed by atoms with Crippen molar-refractivity contribution in [1.82, 2.24) is 20.1 Å². The molecule has 7 heteroatoms. The molecule has 1 spiro atoms. The van der Waals surface area contributed by atoms with E-state index in [-0.39, 0.29) is 5.91 Å². The van der Waals surface area contributed by atoms with E-state index >= 15 is 0 Å². The average molecular weight is 434 g/mol. The molecule has 0 bridgehead atoms. The van der Waals surface area contributed by atoms with Gasteiger partial charge in [0.05, 0.1) is 17.2 Å². The van der Waals surface area contributed by atoms with Crippen molar-refractivity contribution in [3.63, 3.8) is 0 Å². The summed E-state index contributed by atoms with van der Waals surface area (Å²) in [6, 6.07) is 9.59. The summed E-state index contributed by atoms with van der Waals surface area (Å²) in [5.74, 6) is -0.294. The van der Waals surface area contributed by atoms with Crippen LogP contribution in [0.5, 0.6) is 0 Å². The van der Waals surface area contributed by atoms with Gasteiger partial charge in [-0.05, 0) is 89.2 Å². The van der Waals surface area contributed by atoms with Gasteiger partial charge in [-0.1, -0.05) is 6.07 Å². The van der Waals surface area contributed by atoms with Gasteiger partial charge in [-0.3, -0.25) is 9.48 Å². The number of nitrogens with zero attached hydrogens (tertiary/aromatic N) is 3. The lowest BCUT2D eigenvalue weighted by Crippen LogP contribution is -2.46. The molecule has 1 aliphatic heterocycles. The summed E-state index contributed by atoms with van der Waals surface area (Å²) >= 11 is 0. The third-order valence-electron chi connectivity index (χ3n) is 7.07. The normalized spacial score (nSPS) is 18.6. The summed E-state index contributed by atoms with van der Waals surface area (Å²) in [7, 11) is 0. The van der Waals surface area contributed by atoms with E-state index in [1.165, 1.54) is 25.7 Å². The number of aromatic nitrogens is 3.